The molecule has 0 radical (unpaired) electrons. The molecule has 1 aromatic carbocycles. The van der Waals surface area contributed by atoms with Gasteiger partial charge in [0, 0.05) is 31.6 Å². The van der Waals surface area contributed by atoms with E-state index in [2.05, 4.69) is 16.0 Å². The molecule has 0 saturated heterocycles. The van der Waals surface area contributed by atoms with Gasteiger partial charge in [0.1, 0.15) is 0 Å². The minimum Gasteiger partial charge on any atom is -0.459 e. The minimum absolute atomic E-state index is 0.110. The Hall–Kier alpha value is -3.09. The van der Waals surface area contributed by atoms with E-state index in [1.807, 2.05) is 13.0 Å². The van der Waals surface area contributed by atoms with Crippen LogP contribution < -0.4 is 16.0 Å². The molecule has 0 bridgehead atoms. The molecular weight excluding hydrogens is 334 g/mol. The van der Waals surface area contributed by atoms with Crippen LogP contribution in [0.5, 0.6) is 0 Å². The molecule has 138 valence electrons. The van der Waals surface area contributed by atoms with Crippen LogP contribution in [-0.4, -0.2) is 30.8 Å². The molecule has 0 spiro atoms. The van der Waals surface area contributed by atoms with Gasteiger partial charge < -0.3 is 20.4 Å². The number of hydrogen-bond acceptors (Lipinski definition) is 4. The largest absolute Gasteiger partial charge is 0.459 e. The molecule has 0 unspecified atom stereocenters. The maximum atomic E-state index is 11.9. The zero-order valence-corrected chi connectivity index (χ0v) is 14.7. The predicted octanol–water partition coefficient (Wildman–Crippen LogP) is 1.86. The van der Waals surface area contributed by atoms with Crippen molar-refractivity contribution in [2.45, 2.75) is 26.3 Å². The highest BCUT2D eigenvalue weighted by Gasteiger charge is 2.08. The summed E-state index contributed by atoms with van der Waals surface area (Å²) < 4.78 is 4.98. The number of hydrogen-bond donors (Lipinski definition) is 3. The van der Waals surface area contributed by atoms with Crippen LogP contribution in [0.4, 0.5) is 0 Å². The van der Waals surface area contributed by atoms with Crippen LogP contribution in [0.15, 0.2) is 47.1 Å². The van der Waals surface area contributed by atoms with Gasteiger partial charge in [-0.25, -0.2) is 0 Å². The molecule has 0 atom stereocenters. The van der Waals surface area contributed by atoms with Gasteiger partial charge in [0.2, 0.25) is 5.91 Å². The smallest absolute Gasteiger partial charge is 0.286 e. The standard InChI is InChI=1S/C19H23N3O4/c1-2-20-18(24)15-7-3-6-14(12-15)13-22-17(23)9-4-10-21-19(25)16-8-5-11-26-16/h3,5-8,11-12H,2,4,9-10,13H2,1H3,(H,20,24)(H,21,25)(H,22,23). The van der Waals surface area contributed by atoms with Crippen molar-refractivity contribution in [3.8, 4) is 0 Å². The number of furan rings is 1. The second-order valence-electron chi connectivity index (χ2n) is 5.67. The van der Waals surface area contributed by atoms with Gasteiger partial charge in [0.25, 0.3) is 11.8 Å². The first-order valence-electron chi connectivity index (χ1n) is 8.55. The van der Waals surface area contributed by atoms with Gasteiger partial charge >= 0.3 is 0 Å². The summed E-state index contributed by atoms with van der Waals surface area (Å²) in [4.78, 5) is 35.4. The monoisotopic (exact) mass is 357 g/mol. The zero-order valence-electron chi connectivity index (χ0n) is 14.7. The van der Waals surface area contributed by atoms with E-state index in [1.54, 1.807) is 30.3 Å². The van der Waals surface area contributed by atoms with Gasteiger partial charge in [0.05, 0.1) is 6.26 Å². The number of benzene rings is 1. The third-order valence-corrected chi connectivity index (χ3v) is 3.63. The lowest BCUT2D eigenvalue weighted by Gasteiger charge is -2.08. The first-order valence-corrected chi connectivity index (χ1v) is 8.55. The Morgan fingerprint density at radius 2 is 1.85 bits per heavy atom. The van der Waals surface area contributed by atoms with E-state index in [-0.39, 0.29) is 23.5 Å². The minimum atomic E-state index is -0.294. The fourth-order valence-electron chi connectivity index (χ4n) is 2.32. The van der Waals surface area contributed by atoms with Crippen LogP contribution in [-0.2, 0) is 11.3 Å². The van der Waals surface area contributed by atoms with Gasteiger partial charge in [-0.05, 0) is 43.2 Å². The van der Waals surface area contributed by atoms with Gasteiger partial charge in [-0.15, -0.1) is 0 Å². The first-order chi connectivity index (χ1) is 12.6. The van der Waals surface area contributed by atoms with Crippen molar-refractivity contribution in [3.63, 3.8) is 0 Å². The van der Waals surface area contributed by atoms with Crippen LogP contribution in [0.3, 0.4) is 0 Å². The summed E-state index contributed by atoms with van der Waals surface area (Å²) in [6.07, 6.45) is 2.26. The number of carbonyl (C=O) groups excluding carboxylic acids is 3. The van der Waals surface area contributed by atoms with Crippen molar-refractivity contribution in [3.05, 3.63) is 59.5 Å². The Bertz CT molecular complexity index is 741. The number of nitrogens with one attached hydrogen (secondary N) is 3. The van der Waals surface area contributed by atoms with Gasteiger partial charge in [0.15, 0.2) is 5.76 Å². The lowest BCUT2D eigenvalue weighted by Crippen LogP contribution is -2.27. The lowest BCUT2D eigenvalue weighted by molar-refractivity contribution is -0.121. The summed E-state index contributed by atoms with van der Waals surface area (Å²) in [5.74, 6) is -0.285. The maximum absolute atomic E-state index is 11.9. The second kappa shape index (κ2) is 10.0. The zero-order chi connectivity index (χ0) is 18.8. The highest BCUT2D eigenvalue weighted by molar-refractivity contribution is 5.94. The quantitative estimate of drug-likeness (QED) is 0.596. The fourth-order valence-corrected chi connectivity index (χ4v) is 2.32. The third kappa shape index (κ3) is 6.08. The highest BCUT2D eigenvalue weighted by Crippen LogP contribution is 2.05. The van der Waals surface area contributed by atoms with Crippen LogP contribution >= 0.6 is 0 Å². The molecule has 3 amide bonds. The van der Waals surface area contributed by atoms with Crippen molar-refractivity contribution in [2.75, 3.05) is 13.1 Å². The van der Waals surface area contributed by atoms with Gasteiger partial charge in [-0.3, -0.25) is 14.4 Å². The Morgan fingerprint density at radius 3 is 2.58 bits per heavy atom. The van der Waals surface area contributed by atoms with Crippen LogP contribution in [0, 0.1) is 0 Å². The second-order valence-corrected chi connectivity index (χ2v) is 5.67. The van der Waals surface area contributed by atoms with Crippen molar-refractivity contribution in [1.29, 1.82) is 0 Å². The van der Waals surface area contributed by atoms with E-state index < -0.39 is 0 Å². The van der Waals surface area contributed by atoms with Gasteiger partial charge in [-0.1, -0.05) is 12.1 Å². The van der Waals surface area contributed by atoms with Crippen molar-refractivity contribution < 1.29 is 18.8 Å². The topological polar surface area (TPSA) is 100 Å². The van der Waals surface area contributed by atoms with Crippen molar-refractivity contribution in [1.82, 2.24) is 16.0 Å². The molecule has 3 N–H and O–H groups in total. The van der Waals surface area contributed by atoms with E-state index in [1.165, 1.54) is 6.26 Å². The van der Waals surface area contributed by atoms with E-state index >= 15 is 0 Å². The Morgan fingerprint density at radius 1 is 1.00 bits per heavy atom. The van der Waals surface area contributed by atoms with Crippen LogP contribution in [0.2, 0.25) is 0 Å². The maximum Gasteiger partial charge on any atom is 0.286 e. The van der Waals surface area contributed by atoms with Gasteiger partial charge in [-0.2, -0.15) is 0 Å². The molecule has 2 aromatic rings. The Kier molecular flexibility index (Phi) is 7.42. The summed E-state index contributed by atoms with van der Waals surface area (Å²) in [5, 5.41) is 8.24. The van der Waals surface area contributed by atoms with Crippen molar-refractivity contribution >= 4 is 17.7 Å². The molecule has 26 heavy (non-hydrogen) atoms. The van der Waals surface area contributed by atoms with Crippen molar-refractivity contribution in [2.24, 2.45) is 0 Å². The highest BCUT2D eigenvalue weighted by atomic mass is 16.3. The van der Waals surface area contributed by atoms with Crippen LogP contribution in [0.25, 0.3) is 0 Å². The first kappa shape index (κ1) is 19.2. The SMILES string of the molecule is CCNC(=O)c1cccc(CNC(=O)CCCNC(=O)c2ccco2)c1. The van der Waals surface area contributed by atoms with E-state index in [9.17, 15) is 14.4 Å². The lowest BCUT2D eigenvalue weighted by atomic mass is 10.1. The third-order valence-electron chi connectivity index (χ3n) is 3.63. The molecule has 7 heteroatoms. The molecule has 7 nitrogen and oxygen atoms in total. The molecule has 2 rings (SSSR count). The molecule has 1 aromatic heterocycles. The molecule has 0 aliphatic rings. The summed E-state index contributed by atoms with van der Waals surface area (Å²) in [5.41, 5.74) is 1.42. The summed E-state index contributed by atoms with van der Waals surface area (Å²) >= 11 is 0. The number of amides is 3. The molecule has 0 saturated carbocycles. The van der Waals surface area contributed by atoms with E-state index in [4.69, 9.17) is 4.42 Å². The summed E-state index contributed by atoms with van der Waals surface area (Å²) in [6.45, 7) is 3.17. The summed E-state index contributed by atoms with van der Waals surface area (Å²) in [7, 11) is 0. The normalized spacial score (nSPS) is 10.2. The Balaban J connectivity index is 1.68. The van der Waals surface area contributed by atoms with E-state index in [0.717, 1.165) is 5.56 Å². The average Bonchev–Trinajstić information content (AvgIpc) is 3.19. The van der Waals surface area contributed by atoms with E-state index in [0.29, 0.717) is 38.0 Å². The molecule has 1 heterocycles. The molecule has 0 aliphatic carbocycles. The average molecular weight is 357 g/mol. The number of rotatable bonds is 9. The summed E-state index contributed by atoms with van der Waals surface area (Å²) in [6, 6.07) is 10.4. The molecular formula is C19H23N3O4. The number of carbonyl (C=O) groups is 3. The fraction of sp³-hybridized carbons (Fsp3) is 0.316. The molecule has 0 fully saturated rings. The van der Waals surface area contributed by atoms with Crippen LogP contribution in [0.1, 0.15) is 46.2 Å². The molecule has 0 aliphatic heterocycles. The predicted molar refractivity (Wildman–Crippen MR) is 96.6 cm³/mol. The Labute approximate surface area is 152 Å².